The van der Waals surface area contributed by atoms with Gasteiger partial charge in [0.1, 0.15) is 0 Å². The summed E-state index contributed by atoms with van der Waals surface area (Å²) in [6.45, 7) is 8.46. The number of aromatic nitrogens is 1. The topological polar surface area (TPSA) is 28.6 Å². The zero-order chi connectivity index (χ0) is 12.8. The molecule has 0 radical (unpaired) electrons. The van der Waals surface area contributed by atoms with Crippen LogP contribution >= 0.6 is 0 Å². The first-order chi connectivity index (χ1) is 8.79. The van der Waals surface area contributed by atoms with Crippen LogP contribution in [-0.2, 0) is 11.3 Å². The highest BCUT2D eigenvalue weighted by Gasteiger charge is 2.23. The summed E-state index contributed by atoms with van der Waals surface area (Å²) >= 11 is 0. The summed E-state index contributed by atoms with van der Waals surface area (Å²) in [6, 6.07) is 6.72. The molecule has 0 bridgehead atoms. The van der Waals surface area contributed by atoms with E-state index in [1.54, 1.807) is 7.11 Å². The Kier molecular flexibility index (Phi) is 5.11. The molecule has 4 heteroatoms. The number of rotatable bonds is 5. The monoisotopic (exact) mass is 249 g/mol. The smallest absolute Gasteiger partial charge is 0.0589 e. The number of ether oxygens (including phenoxy) is 1. The van der Waals surface area contributed by atoms with E-state index >= 15 is 0 Å². The van der Waals surface area contributed by atoms with Gasteiger partial charge < -0.3 is 4.74 Å². The Morgan fingerprint density at radius 2 is 2.28 bits per heavy atom. The average molecular weight is 249 g/mol. The molecule has 1 aliphatic heterocycles. The zero-order valence-corrected chi connectivity index (χ0v) is 11.4. The number of hydrogen-bond acceptors (Lipinski definition) is 4. The Morgan fingerprint density at radius 1 is 1.39 bits per heavy atom. The van der Waals surface area contributed by atoms with Crippen LogP contribution in [0.1, 0.15) is 12.6 Å². The predicted octanol–water partition coefficient (Wildman–Crippen LogP) is 1.23. The van der Waals surface area contributed by atoms with Crippen LogP contribution in [0.25, 0.3) is 0 Å². The summed E-state index contributed by atoms with van der Waals surface area (Å²) < 4.78 is 5.15. The number of nitrogens with zero attached hydrogens (tertiary/aromatic N) is 3. The second-order valence-electron chi connectivity index (χ2n) is 4.93. The second-order valence-corrected chi connectivity index (χ2v) is 4.93. The van der Waals surface area contributed by atoms with Crippen LogP contribution < -0.4 is 0 Å². The molecule has 0 N–H and O–H groups in total. The zero-order valence-electron chi connectivity index (χ0n) is 11.4. The van der Waals surface area contributed by atoms with Crippen molar-refractivity contribution in [3.8, 4) is 0 Å². The van der Waals surface area contributed by atoms with Crippen molar-refractivity contribution in [2.24, 2.45) is 0 Å². The van der Waals surface area contributed by atoms with Crippen LogP contribution in [0.15, 0.2) is 24.4 Å². The molecule has 1 aromatic heterocycles. The number of pyridine rings is 1. The van der Waals surface area contributed by atoms with Crippen molar-refractivity contribution in [3.05, 3.63) is 30.1 Å². The Labute approximate surface area is 110 Å². The van der Waals surface area contributed by atoms with E-state index in [0.717, 1.165) is 45.0 Å². The van der Waals surface area contributed by atoms with Gasteiger partial charge >= 0.3 is 0 Å². The van der Waals surface area contributed by atoms with Gasteiger partial charge in [0.25, 0.3) is 0 Å². The minimum atomic E-state index is 0.595. The fourth-order valence-electron chi connectivity index (χ4n) is 2.48. The molecule has 2 rings (SSSR count). The Bertz CT molecular complexity index is 344. The second kappa shape index (κ2) is 6.83. The summed E-state index contributed by atoms with van der Waals surface area (Å²) in [5.74, 6) is 0. The van der Waals surface area contributed by atoms with E-state index in [1.807, 2.05) is 12.3 Å². The largest absolute Gasteiger partial charge is 0.383 e. The van der Waals surface area contributed by atoms with E-state index in [0.29, 0.717) is 6.04 Å². The molecule has 0 amide bonds. The van der Waals surface area contributed by atoms with Crippen LogP contribution in [0.4, 0.5) is 0 Å². The standard InChI is InChI=1S/C14H23N3O/c1-13-11-16(7-8-17(13)9-10-18-2)12-14-5-3-4-6-15-14/h3-6,13H,7-12H2,1-2H3/t13-/m0/s1. The number of piperazine rings is 1. The first-order valence-electron chi connectivity index (χ1n) is 6.65. The van der Waals surface area contributed by atoms with Gasteiger partial charge in [0, 0.05) is 52.1 Å². The van der Waals surface area contributed by atoms with Gasteiger partial charge in [-0.25, -0.2) is 0 Å². The third kappa shape index (κ3) is 3.77. The Morgan fingerprint density at radius 3 is 2.94 bits per heavy atom. The van der Waals surface area contributed by atoms with Gasteiger partial charge in [-0.2, -0.15) is 0 Å². The highest BCUT2D eigenvalue weighted by Crippen LogP contribution is 2.11. The fraction of sp³-hybridized carbons (Fsp3) is 0.643. The third-order valence-corrected chi connectivity index (χ3v) is 3.54. The van der Waals surface area contributed by atoms with Crippen LogP contribution in [0.2, 0.25) is 0 Å². The van der Waals surface area contributed by atoms with E-state index in [4.69, 9.17) is 4.74 Å². The molecule has 1 saturated heterocycles. The lowest BCUT2D eigenvalue weighted by Gasteiger charge is -2.39. The Balaban J connectivity index is 1.81. The van der Waals surface area contributed by atoms with Gasteiger partial charge in [-0.3, -0.25) is 14.8 Å². The van der Waals surface area contributed by atoms with Crippen LogP contribution in [-0.4, -0.2) is 60.7 Å². The molecule has 0 saturated carbocycles. The van der Waals surface area contributed by atoms with Gasteiger partial charge in [-0.15, -0.1) is 0 Å². The van der Waals surface area contributed by atoms with E-state index in [-0.39, 0.29) is 0 Å². The SMILES string of the molecule is COCCN1CCN(Cc2ccccn2)C[C@@H]1C. The molecule has 0 aliphatic carbocycles. The molecular weight excluding hydrogens is 226 g/mol. The maximum Gasteiger partial charge on any atom is 0.0589 e. The van der Waals surface area contributed by atoms with E-state index in [1.165, 1.54) is 0 Å². The minimum Gasteiger partial charge on any atom is -0.383 e. The molecule has 1 fully saturated rings. The van der Waals surface area contributed by atoms with Crippen molar-refractivity contribution in [2.45, 2.75) is 19.5 Å². The van der Waals surface area contributed by atoms with Gasteiger partial charge in [-0.1, -0.05) is 6.07 Å². The summed E-state index contributed by atoms with van der Waals surface area (Å²) in [5, 5.41) is 0. The molecule has 2 heterocycles. The number of hydrogen-bond donors (Lipinski definition) is 0. The predicted molar refractivity (Wildman–Crippen MR) is 72.4 cm³/mol. The maximum absolute atomic E-state index is 5.15. The normalized spacial score (nSPS) is 22.2. The average Bonchev–Trinajstić information content (AvgIpc) is 2.39. The van der Waals surface area contributed by atoms with E-state index in [2.05, 4.69) is 33.8 Å². The molecular formula is C14H23N3O. The summed E-state index contributed by atoms with van der Waals surface area (Å²) in [6.07, 6.45) is 1.87. The Hall–Kier alpha value is -0.970. The van der Waals surface area contributed by atoms with E-state index < -0.39 is 0 Å². The highest BCUT2D eigenvalue weighted by atomic mass is 16.5. The third-order valence-electron chi connectivity index (χ3n) is 3.54. The summed E-state index contributed by atoms with van der Waals surface area (Å²) in [5.41, 5.74) is 1.16. The fourth-order valence-corrected chi connectivity index (χ4v) is 2.48. The first kappa shape index (κ1) is 13.5. The van der Waals surface area contributed by atoms with Crippen molar-refractivity contribution >= 4 is 0 Å². The van der Waals surface area contributed by atoms with Gasteiger partial charge in [0.15, 0.2) is 0 Å². The quantitative estimate of drug-likeness (QED) is 0.785. The highest BCUT2D eigenvalue weighted by molar-refractivity contribution is 5.03. The van der Waals surface area contributed by atoms with Crippen molar-refractivity contribution in [1.82, 2.24) is 14.8 Å². The molecule has 1 atom stereocenters. The van der Waals surface area contributed by atoms with Gasteiger partial charge in [0.2, 0.25) is 0 Å². The summed E-state index contributed by atoms with van der Waals surface area (Å²) in [4.78, 5) is 9.37. The van der Waals surface area contributed by atoms with Crippen molar-refractivity contribution < 1.29 is 4.74 Å². The van der Waals surface area contributed by atoms with Crippen LogP contribution in [0.3, 0.4) is 0 Å². The lowest BCUT2D eigenvalue weighted by molar-refractivity contribution is 0.0552. The van der Waals surface area contributed by atoms with Crippen molar-refractivity contribution in [1.29, 1.82) is 0 Å². The van der Waals surface area contributed by atoms with Crippen LogP contribution in [0, 0.1) is 0 Å². The molecule has 1 aromatic rings. The molecule has 100 valence electrons. The van der Waals surface area contributed by atoms with Crippen molar-refractivity contribution in [3.63, 3.8) is 0 Å². The van der Waals surface area contributed by atoms with Gasteiger partial charge in [0.05, 0.1) is 12.3 Å². The molecule has 1 aliphatic rings. The molecule has 18 heavy (non-hydrogen) atoms. The lowest BCUT2D eigenvalue weighted by Crippen LogP contribution is -2.52. The van der Waals surface area contributed by atoms with Crippen molar-refractivity contribution in [2.75, 3.05) is 39.9 Å². The molecule has 0 aromatic carbocycles. The van der Waals surface area contributed by atoms with Crippen LogP contribution in [0.5, 0.6) is 0 Å². The minimum absolute atomic E-state index is 0.595. The van der Waals surface area contributed by atoms with E-state index in [9.17, 15) is 0 Å². The molecule has 4 nitrogen and oxygen atoms in total. The maximum atomic E-state index is 5.15. The lowest BCUT2D eigenvalue weighted by atomic mass is 10.2. The number of methoxy groups -OCH3 is 1. The first-order valence-corrected chi connectivity index (χ1v) is 6.65. The molecule has 0 unspecified atom stereocenters. The van der Waals surface area contributed by atoms with Gasteiger partial charge in [-0.05, 0) is 19.1 Å². The molecule has 0 spiro atoms. The summed E-state index contributed by atoms with van der Waals surface area (Å²) in [7, 11) is 1.77.